The van der Waals surface area contributed by atoms with Gasteiger partial charge in [0.1, 0.15) is 0 Å². The number of nitrogens with one attached hydrogen (secondary N) is 1. The van der Waals surface area contributed by atoms with Crippen molar-refractivity contribution in [3.05, 3.63) is 64.0 Å². The second-order valence-corrected chi connectivity index (χ2v) is 7.32. The van der Waals surface area contributed by atoms with Gasteiger partial charge in [0.15, 0.2) is 11.5 Å². The molecule has 2 aromatic carbocycles. The number of hydrogen-bond donors (Lipinski definition) is 1. The lowest BCUT2D eigenvalue weighted by Crippen LogP contribution is -2.23. The maximum absolute atomic E-state index is 12.0. The molecule has 5 nitrogen and oxygen atoms in total. The van der Waals surface area contributed by atoms with Crippen LogP contribution < -0.4 is 14.2 Å². The fourth-order valence-electron chi connectivity index (χ4n) is 2.22. The molecule has 1 aliphatic rings. The molecule has 0 saturated heterocycles. The number of benzene rings is 2. The molecule has 0 atom stereocenters. The van der Waals surface area contributed by atoms with Crippen molar-refractivity contribution in [2.45, 2.75) is 6.42 Å². The zero-order valence-electron chi connectivity index (χ0n) is 12.7. The Labute approximate surface area is 145 Å². The number of sulfonamides is 1. The Bertz CT molecular complexity index is 847. The Hall–Kier alpha value is -2.02. The maximum Gasteiger partial charge on any atom is 0.233 e. The third-order valence-corrected chi connectivity index (χ3v) is 4.82. The van der Waals surface area contributed by atoms with Gasteiger partial charge in [-0.15, -0.1) is 0 Å². The molecule has 0 spiro atoms. The molecule has 0 fully saturated rings. The molecular formula is C17H16ClNO4S. The number of hydrogen-bond acceptors (Lipinski definition) is 4. The van der Waals surface area contributed by atoms with Gasteiger partial charge in [-0.2, -0.15) is 0 Å². The number of halogens is 1. The largest absolute Gasteiger partial charge is 0.454 e. The molecule has 24 heavy (non-hydrogen) atoms. The maximum atomic E-state index is 12.0. The number of rotatable bonds is 6. The SMILES string of the molecule is O=S(=O)(/C=C/c1ccc(Cl)cc1)NCCc1ccc2c(c1)OCO2. The van der Waals surface area contributed by atoms with Crippen molar-refractivity contribution in [3.8, 4) is 11.5 Å². The van der Waals surface area contributed by atoms with Crippen molar-refractivity contribution in [3.63, 3.8) is 0 Å². The number of fused-ring (bicyclic) bond motifs is 1. The molecule has 2 aromatic rings. The molecular weight excluding hydrogens is 350 g/mol. The quantitative estimate of drug-likeness (QED) is 0.853. The van der Waals surface area contributed by atoms with Crippen LogP contribution in [0.25, 0.3) is 6.08 Å². The third-order valence-electron chi connectivity index (χ3n) is 3.46. The smallest absolute Gasteiger partial charge is 0.233 e. The highest BCUT2D eigenvalue weighted by Gasteiger charge is 2.13. The highest BCUT2D eigenvalue weighted by Crippen LogP contribution is 2.32. The van der Waals surface area contributed by atoms with Crippen molar-refractivity contribution in [1.82, 2.24) is 4.72 Å². The number of ether oxygens (including phenoxy) is 2. The second-order valence-electron chi connectivity index (χ2n) is 5.23. The molecule has 0 radical (unpaired) electrons. The zero-order valence-corrected chi connectivity index (χ0v) is 14.3. The Morgan fingerprint density at radius 2 is 1.83 bits per heavy atom. The normalized spacial score (nSPS) is 13.5. The van der Waals surface area contributed by atoms with Gasteiger partial charge in [-0.25, -0.2) is 13.1 Å². The van der Waals surface area contributed by atoms with E-state index in [0.29, 0.717) is 29.5 Å². The van der Waals surface area contributed by atoms with Crippen LogP contribution >= 0.6 is 11.6 Å². The summed E-state index contributed by atoms with van der Waals surface area (Å²) in [6, 6.07) is 12.5. The molecule has 0 bridgehead atoms. The van der Waals surface area contributed by atoms with Crippen LogP contribution in [0, 0.1) is 0 Å². The summed E-state index contributed by atoms with van der Waals surface area (Å²) in [7, 11) is -3.49. The van der Waals surface area contributed by atoms with E-state index in [4.69, 9.17) is 21.1 Å². The first-order valence-corrected chi connectivity index (χ1v) is 9.26. The van der Waals surface area contributed by atoms with Crippen LogP contribution in [0.1, 0.15) is 11.1 Å². The van der Waals surface area contributed by atoms with Crippen LogP contribution in [0.3, 0.4) is 0 Å². The van der Waals surface area contributed by atoms with Crippen molar-refractivity contribution in [2.24, 2.45) is 0 Å². The van der Waals surface area contributed by atoms with E-state index >= 15 is 0 Å². The monoisotopic (exact) mass is 365 g/mol. The Kier molecular flexibility index (Phi) is 5.08. The van der Waals surface area contributed by atoms with Crippen LogP contribution in [0.4, 0.5) is 0 Å². The van der Waals surface area contributed by atoms with E-state index in [1.165, 1.54) is 6.08 Å². The Balaban J connectivity index is 1.54. The van der Waals surface area contributed by atoms with Gasteiger partial charge in [0, 0.05) is 17.0 Å². The highest BCUT2D eigenvalue weighted by molar-refractivity contribution is 7.92. The lowest BCUT2D eigenvalue weighted by Gasteiger charge is -2.04. The van der Waals surface area contributed by atoms with E-state index < -0.39 is 10.0 Å². The molecule has 3 rings (SSSR count). The first-order chi connectivity index (χ1) is 11.5. The van der Waals surface area contributed by atoms with E-state index in [0.717, 1.165) is 16.5 Å². The summed E-state index contributed by atoms with van der Waals surface area (Å²) in [6.45, 7) is 0.522. The van der Waals surface area contributed by atoms with Crippen molar-refractivity contribution in [1.29, 1.82) is 0 Å². The molecule has 0 amide bonds. The van der Waals surface area contributed by atoms with Gasteiger partial charge >= 0.3 is 0 Å². The minimum atomic E-state index is -3.49. The van der Waals surface area contributed by atoms with Gasteiger partial charge in [-0.05, 0) is 47.9 Å². The van der Waals surface area contributed by atoms with Crippen molar-refractivity contribution in [2.75, 3.05) is 13.3 Å². The molecule has 1 heterocycles. The van der Waals surface area contributed by atoms with Gasteiger partial charge in [0.05, 0.1) is 0 Å². The van der Waals surface area contributed by atoms with Crippen LogP contribution in [0.5, 0.6) is 11.5 Å². The van der Waals surface area contributed by atoms with E-state index in [1.54, 1.807) is 24.3 Å². The van der Waals surface area contributed by atoms with Gasteiger partial charge in [0.25, 0.3) is 0 Å². The average molecular weight is 366 g/mol. The summed E-state index contributed by atoms with van der Waals surface area (Å²) < 4.78 is 37.0. The standard InChI is InChI=1S/C17H16ClNO4S/c18-15-4-1-13(2-5-15)8-10-24(20,21)19-9-7-14-3-6-16-17(11-14)23-12-22-16/h1-6,8,10-11,19H,7,9,12H2/b10-8+. The summed E-state index contributed by atoms with van der Waals surface area (Å²) in [4.78, 5) is 0. The summed E-state index contributed by atoms with van der Waals surface area (Å²) >= 11 is 5.79. The van der Waals surface area contributed by atoms with Crippen molar-refractivity contribution >= 4 is 27.7 Å². The molecule has 7 heteroatoms. The van der Waals surface area contributed by atoms with E-state index in [2.05, 4.69) is 4.72 Å². The first-order valence-electron chi connectivity index (χ1n) is 7.34. The van der Waals surface area contributed by atoms with Crippen molar-refractivity contribution < 1.29 is 17.9 Å². The second kappa shape index (κ2) is 7.25. The summed E-state index contributed by atoms with van der Waals surface area (Å²) in [5.41, 5.74) is 1.74. The Morgan fingerprint density at radius 1 is 1.08 bits per heavy atom. The molecule has 0 aromatic heterocycles. The predicted octanol–water partition coefficient (Wildman–Crippen LogP) is 3.20. The minimum Gasteiger partial charge on any atom is -0.454 e. The first kappa shape index (κ1) is 16.8. The fourth-order valence-corrected chi connectivity index (χ4v) is 3.17. The zero-order chi connectivity index (χ0) is 17.0. The predicted molar refractivity (Wildman–Crippen MR) is 93.7 cm³/mol. The summed E-state index contributed by atoms with van der Waals surface area (Å²) in [5, 5.41) is 1.76. The molecule has 0 unspecified atom stereocenters. The lowest BCUT2D eigenvalue weighted by atomic mass is 10.1. The van der Waals surface area contributed by atoms with E-state index in [9.17, 15) is 8.42 Å². The van der Waals surface area contributed by atoms with Crippen LogP contribution in [0.2, 0.25) is 5.02 Å². The third kappa shape index (κ3) is 4.50. The molecule has 126 valence electrons. The van der Waals surface area contributed by atoms with E-state index in [1.807, 2.05) is 18.2 Å². The summed E-state index contributed by atoms with van der Waals surface area (Å²) in [5.74, 6) is 1.41. The van der Waals surface area contributed by atoms with Gasteiger partial charge < -0.3 is 9.47 Å². The van der Waals surface area contributed by atoms with Crippen LogP contribution in [-0.2, 0) is 16.4 Å². The van der Waals surface area contributed by atoms with Crippen LogP contribution in [-0.4, -0.2) is 21.8 Å². The molecule has 0 aliphatic carbocycles. The minimum absolute atomic E-state index is 0.223. The fraction of sp³-hybridized carbons (Fsp3) is 0.176. The Morgan fingerprint density at radius 3 is 2.62 bits per heavy atom. The van der Waals surface area contributed by atoms with Gasteiger partial charge in [-0.3, -0.25) is 0 Å². The van der Waals surface area contributed by atoms with Crippen LogP contribution in [0.15, 0.2) is 47.9 Å². The van der Waals surface area contributed by atoms with Gasteiger partial charge in [0.2, 0.25) is 16.8 Å². The highest BCUT2D eigenvalue weighted by atomic mass is 35.5. The molecule has 1 aliphatic heterocycles. The molecule has 1 N–H and O–H groups in total. The van der Waals surface area contributed by atoms with E-state index in [-0.39, 0.29) is 6.79 Å². The topological polar surface area (TPSA) is 64.6 Å². The summed E-state index contributed by atoms with van der Waals surface area (Å²) in [6.07, 6.45) is 2.09. The average Bonchev–Trinajstić information content (AvgIpc) is 3.02. The lowest BCUT2D eigenvalue weighted by molar-refractivity contribution is 0.174. The molecule has 0 saturated carbocycles. The van der Waals surface area contributed by atoms with Gasteiger partial charge in [-0.1, -0.05) is 29.8 Å².